The lowest BCUT2D eigenvalue weighted by atomic mass is 10.0. The molecule has 0 aliphatic rings. The number of hydrogen-bond acceptors (Lipinski definition) is 4. The van der Waals surface area contributed by atoms with E-state index >= 15 is 0 Å². The van der Waals surface area contributed by atoms with E-state index in [9.17, 15) is 4.79 Å². The Kier molecular flexibility index (Phi) is 4.33. The van der Waals surface area contributed by atoms with Gasteiger partial charge in [-0.1, -0.05) is 12.1 Å². The molecule has 1 amide bonds. The number of carbonyl (C=O) groups excluding carboxylic acids is 1. The van der Waals surface area contributed by atoms with Crippen LogP contribution in [-0.2, 0) is 0 Å². The monoisotopic (exact) mass is 287 g/mol. The van der Waals surface area contributed by atoms with Gasteiger partial charge in [-0.3, -0.25) is 4.79 Å². The van der Waals surface area contributed by atoms with Crippen LogP contribution in [-0.4, -0.2) is 27.2 Å². The van der Waals surface area contributed by atoms with E-state index in [-0.39, 0.29) is 0 Å². The minimum absolute atomic E-state index is 0.435. The molecule has 21 heavy (non-hydrogen) atoms. The van der Waals surface area contributed by atoms with Crippen LogP contribution < -0.4 is 19.9 Å². The Bertz CT molecular complexity index is 667. The summed E-state index contributed by atoms with van der Waals surface area (Å²) in [5.41, 5.74) is 7.35. The highest BCUT2D eigenvalue weighted by molar-refractivity contribution is 5.94. The lowest BCUT2D eigenvalue weighted by molar-refractivity contribution is 0.100. The standard InChI is InChI=1S/C16H17NO4/c1-19-13-8-7-12(14(20-2)15(13)21-3)10-5-4-6-11(9-10)16(17)18/h4-9H,1-3H3,(H2,17,18). The summed E-state index contributed by atoms with van der Waals surface area (Å²) >= 11 is 0. The van der Waals surface area contributed by atoms with Gasteiger partial charge in [0, 0.05) is 11.1 Å². The fourth-order valence-electron chi connectivity index (χ4n) is 2.17. The van der Waals surface area contributed by atoms with Crippen molar-refractivity contribution in [2.75, 3.05) is 21.3 Å². The van der Waals surface area contributed by atoms with Crippen molar-refractivity contribution in [1.82, 2.24) is 0 Å². The fraction of sp³-hybridized carbons (Fsp3) is 0.188. The van der Waals surface area contributed by atoms with Gasteiger partial charge in [0.15, 0.2) is 11.5 Å². The molecule has 0 aromatic heterocycles. The quantitative estimate of drug-likeness (QED) is 0.917. The zero-order chi connectivity index (χ0) is 15.4. The molecular weight excluding hydrogens is 270 g/mol. The lowest BCUT2D eigenvalue weighted by Gasteiger charge is -2.16. The first-order chi connectivity index (χ1) is 10.1. The topological polar surface area (TPSA) is 70.8 Å². The van der Waals surface area contributed by atoms with Gasteiger partial charge in [-0.15, -0.1) is 0 Å². The maximum atomic E-state index is 11.3. The number of ether oxygens (including phenoxy) is 3. The second kappa shape index (κ2) is 6.17. The smallest absolute Gasteiger partial charge is 0.248 e. The van der Waals surface area contributed by atoms with Crippen molar-refractivity contribution in [3.05, 3.63) is 42.0 Å². The highest BCUT2D eigenvalue weighted by Gasteiger charge is 2.17. The fourth-order valence-corrected chi connectivity index (χ4v) is 2.17. The number of hydrogen-bond donors (Lipinski definition) is 1. The van der Waals surface area contributed by atoms with Crippen molar-refractivity contribution in [3.8, 4) is 28.4 Å². The molecule has 0 atom stereocenters. The molecule has 0 saturated carbocycles. The first-order valence-corrected chi connectivity index (χ1v) is 6.31. The molecule has 0 unspecified atom stereocenters. The predicted octanol–water partition coefficient (Wildman–Crippen LogP) is 2.48. The van der Waals surface area contributed by atoms with Crippen LogP contribution in [0.25, 0.3) is 11.1 Å². The highest BCUT2D eigenvalue weighted by atomic mass is 16.5. The van der Waals surface area contributed by atoms with E-state index in [1.165, 1.54) is 0 Å². The molecule has 0 spiro atoms. The van der Waals surface area contributed by atoms with E-state index in [0.717, 1.165) is 11.1 Å². The normalized spacial score (nSPS) is 10.0. The van der Waals surface area contributed by atoms with E-state index in [2.05, 4.69) is 0 Å². The predicted molar refractivity (Wildman–Crippen MR) is 80.1 cm³/mol. The van der Waals surface area contributed by atoms with Gasteiger partial charge in [-0.25, -0.2) is 0 Å². The van der Waals surface area contributed by atoms with Gasteiger partial charge in [-0.05, 0) is 29.8 Å². The van der Waals surface area contributed by atoms with Gasteiger partial charge >= 0.3 is 0 Å². The minimum Gasteiger partial charge on any atom is -0.493 e. The number of primary amides is 1. The summed E-state index contributed by atoms with van der Waals surface area (Å²) in [5.74, 6) is 1.14. The average molecular weight is 287 g/mol. The van der Waals surface area contributed by atoms with Crippen molar-refractivity contribution in [2.24, 2.45) is 5.73 Å². The van der Waals surface area contributed by atoms with Gasteiger partial charge < -0.3 is 19.9 Å². The Morgan fingerprint density at radius 3 is 2.24 bits per heavy atom. The zero-order valence-corrected chi connectivity index (χ0v) is 12.2. The van der Waals surface area contributed by atoms with E-state index in [1.54, 1.807) is 45.6 Å². The van der Waals surface area contributed by atoms with E-state index < -0.39 is 5.91 Å². The molecule has 110 valence electrons. The Morgan fingerprint density at radius 2 is 1.67 bits per heavy atom. The Morgan fingerprint density at radius 1 is 0.952 bits per heavy atom. The van der Waals surface area contributed by atoms with Crippen LogP contribution in [0.3, 0.4) is 0 Å². The SMILES string of the molecule is COc1ccc(-c2cccc(C(N)=O)c2)c(OC)c1OC. The molecule has 2 rings (SSSR count). The van der Waals surface area contributed by atoms with Crippen molar-refractivity contribution in [3.63, 3.8) is 0 Å². The summed E-state index contributed by atoms with van der Waals surface area (Å²) in [6.07, 6.45) is 0. The van der Waals surface area contributed by atoms with Gasteiger partial charge in [0.2, 0.25) is 11.7 Å². The number of carbonyl (C=O) groups is 1. The van der Waals surface area contributed by atoms with E-state index in [4.69, 9.17) is 19.9 Å². The molecule has 0 radical (unpaired) electrons. The Labute approximate surface area is 123 Å². The van der Waals surface area contributed by atoms with Crippen LogP contribution in [0.2, 0.25) is 0 Å². The number of amides is 1. The zero-order valence-electron chi connectivity index (χ0n) is 12.2. The number of methoxy groups -OCH3 is 3. The summed E-state index contributed by atoms with van der Waals surface area (Å²) in [6.45, 7) is 0. The van der Waals surface area contributed by atoms with Gasteiger partial charge in [0.05, 0.1) is 21.3 Å². The summed E-state index contributed by atoms with van der Waals surface area (Å²) in [5, 5.41) is 0. The summed E-state index contributed by atoms with van der Waals surface area (Å²) in [6, 6.07) is 10.7. The van der Waals surface area contributed by atoms with Gasteiger partial charge in [0.1, 0.15) is 0 Å². The van der Waals surface area contributed by atoms with Gasteiger partial charge in [0.25, 0.3) is 0 Å². The minimum atomic E-state index is -0.476. The molecule has 0 fully saturated rings. The third-order valence-electron chi connectivity index (χ3n) is 3.16. The second-order valence-electron chi connectivity index (χ2n) is 4.33. The molecule has 2 N–H and O–H groups in total. The maximum absolute atomic E-state index is 11.3. The summed E-state index contributed by atoms with van der Waals surface area (Å²) < 4.78 is 16.1. The third-order valence-corrected chi connectivity index (χ3v) is 3.16. The molecule has 0 aliphatic heterocycles. The van der Waals surface area contributed by atoms with Crippen molar-refractivity contribution >= 4 is 5.91 Å². The van der Waals surface area contributed by atoms with Gasteiger partial charge in [-0.2, -0.15) is 0 Å². The van der Waals surface area contributed by atoms with Crippen molar-refractivity contribution < 1.29 is 19.0 Å². The lowest BCUT2D eigenvalue weighted by Crippen LogP contribution is -2.10. The van der Waals surface area contributed by atoms with Crippen LogP contribution >= 0.6 is 0 Å². The van der Waals surface area contributed by atoms with Crippen molar-refractivity contribution in [1.29, 1.82) is 0 Å². The average Bonchev–Trinajstić information content (AvgIpc) is 2.53. The Hall–Kier alpha value is -2.69. The molecule has 0 saturated heterocycles. The molecule has 0 aliphatic carbocycles. The molecule has 5 heteroatoms. The van der Waals surface area contributed by atoms with Crippen LogP contribution in [0.4, 0.5) is 0 Å². The highest BCUT2D eigenvalue weighted by Crippen LogP contribution is 2.44. The summed E-state index contributed by atoms with van der Waals surface area (Å²) in [4.78, 5) is 11.3. The molecular formula is C16H17NO4. The third kappa shape index (κ3) is 2.76. The molecule has 5 nitrogen and oxygen atoms in total. The van der Waals surface area contributed by atoms with Crippen LogP contribution in [0.5, 0.6) is 17.2 Å². The van der Waals surface area contributed by atoms with Crippen molar-refractivity contribution in [2.45, 2.75) is 0 Å². The number of nitrogens with two attached hydrogens (primary N) is 1. The molecule has 0 heterocycles. The maximum Gasteiger partial charge on any atom is 0.248 e. The van der Waals surface area contributed by atoms with E-state index in [0.29, 0.717) is 22.8 Å². The van der Waals surface area contributed by atoms with Crippen LogP contribution in [0.15, 0.2) is 36.4 Å². The first-order valence-electron chi connectivity index (χ1n) is 6.31. The number of benzene rings is 2. The molecule has 2 aromatic carbocycles. The van der Waals surface area contributed by atoms with Crippen LogP contribution in [0.1, 0.15) is 10.4 Å². The number of rotatable bonds is 5. The first kappa shape index (κ1) is 14.7. The second-order valence-corrected chi connectivity index (χ2v) is 4.33. The summed E-state index contributed by atoms with van der Waals surface area (Å²) in [7, 11) is 4.66. The molecule has 0 bridgehead atoms. The van der Waals surface area contributed by atoms with E-state index in [1.807, 2.05) is 12.1 Å². The Balaban J connectivity index is 2.63. The van der Waals surface area contributed by atoms with Crippen LogP contribution in [0, 0.1) is 0 Å². The molecule has 2 aromatic rings. The largest absolute Gasteiger partial charge is 0.493 e.